The van der Waals surface area contributed by atoms with Gasteiger partial charge in [0, 0.05) is 14.2 Å². The molecule has 2 aliphatic carbocycles. The van der Waals surface area contributed by atoms with Crippen molar-refractivity contribution in [1.29, 1.82) is 0 Å². The average molecular weight is 311 g/mol. The highest BCUT2D eigenvalue weighted by Crippen LogP contribution is 2.43. The topological polar surface area (TPSA) is 18.5 Å². The van der Waals surface area contributed by atoms with Crippen LogP contribution in [0.15, 0.2) is 0 Å². The highest BCUT2D eigenvalue weighted by atomic mass is 16.7. The summed E-state index contributed by atoms with van der Waals surface area (Å²) in [4.78, 5) is 0. The van der Waals surface area contributed by atoms with Crippen molar-refractivity contribution in [2.45, 2.75) is 90.3 Å². The molecule has 2 heteroatoms. The van der Waals surface area contributed by atoms with E-state index >= 15 is 0 Å². The Bertz CT molecular complexity index is 271. The summed E-state index contributed by atoms with van der Waals surface area (Å²) in [7, 11) is 3.50. The van der Waals surface area contributed by atoms with Crippen molar-refractivity contribution in [1.82, 2.24) is 0 Å². The maximum atomic E-state index is 5.31. The molecule has 0 aliphatic heterocycles. The van der Waals surface area contributed by atoms with Crippen LogP contribution in [0, 0.1) is 23.7 Å². The second-order valence-corrected chi connectivity index (χ2v) is 7.83. The van der Waals surface area contributed by atoms with Gasteiger partial charge in [-0.15, -0.1) is 0 Å². The van der Waals surface area contributed by atoms with E-state index in [1.807, 2.05) is 0 Å². The van der Waals surface area contributed by atoms with E-state index < -0.39 is 0 Å². The molecule has 22 heavy (non-hydrogen) atoms. The minimum Gasteiger partial charge on any atom is -0.356 e. The molecule has 130 valence electrons. The number of ether oxygens (including phenoxy) is 2. The van der Waals surface area contributed by atoms with Gasteiger partial charge < -0.3 is 9.47 Å². The van der Waals surface area contributed by atoms with Crippen LogP contribution in [0.5, 0.6) is 0 Å². The molecule has 0 amide bonds. The lowest BCUT2D eigenvalue weighted by molar-refractivity contribution is -0.109. The minimum absolute atomic E-state index is 0.00608. The summed E-state index contributed by atoms with van der Waals surface area (Å²) in [6.45, 7) is 2.34. The van der Waals surface area contributed by atoms with Gasteiger partial charge in [-0.1, -0.05) is 45.4 Å². The molecule has 0 unspecified atom stereocenters. The maximum Gasteiger partial charge on any atom is 0.156 e. The third-order valence-corrected chi connectivity index (χ3v) is 6.48. The van der Waals surface area contributed by atoms with E-state index in [-0.39, 0.29) is 6.29 Å². The van der Waals surface area contributed by atoms with Crippen LogP contribution in [0.25, 0.3) is 0 Å². The third kappa shape index (κ3) is 5.53. The summed E-state index contributed by atoms with van der Waals surface area (Å²) in [5, 5.41) is 0. The Kier molecular flexibility index (Phi) is 8.24. The molecule has 2 aliphatic rings. The maximum absolute atomic E-state index is 5.31. The first kappa shape index (κ1) is 18.3. The van der Waals surface area contributed by atoms with E-state index in [0.717, 1.165) is 30.1 Å². The van der Waals surface area contributed by atoms with Gasteiger partial charge in [-0.25, -0.2) is 0 Å². The van der Waals surface area contributed by atoms with Crippen molar-refractivity contribution < 1.29 is 9.47 Å². The Hall–Kier alpha value is -0.0800. The molecule has 0 aromatic heterocycles. The smallest absolute Gasteiger partial charge is 0.156 e. The van der Waals surface area contributed by atoms with Crippen LogP contribution in [0.3, 0.4) is 0 Å². The lowest BCUT2D eigenvalue weighted by Gasteiger charge is -2.38. The number of rotatable bonds is 8. The Balaban J connectivity index is 1.63. The molecule has 0 atom stereocenters. The first-order chi connectivity index (χ1) is 10.8. The Morgan fingerprint density at radius 3 is 1.59 bits per heavy atom. The molecule has 0 aromatic rings. The van der Waals surface area contributed by atoms with Crippen LogP contribution in [0.2, 0.25) is 0 Å². The molecule has 2 saturated carbocycles. The van der Waals surface area contributed by atoms with E-state index in [1.165, 1.54) is 70.6 Å². The van der Waals surface area contributed by atoms with Crippen molar-refractivity contribution in [3.05, 3.63) is 0 Å². The Labute approximate surface area is 138 Å². The van der Waals surface area contributed by atoms with Gasteiger partial charge in [0.05, 0.1) is 0 Å². The number of hydrogen-bond acceptors (Lipinski definition) is 2. The van der Waals surface area contributed by atoms with Gasteiger partial charge in [0.1, 0.15) is 0 Å². The van der Waals surface area contributed by atoms with Crippen LogP contribution in [-0.2, 0) is 9.47 Å². The van der Waals surface area contributed by atoms with E-state index in [1.54, 1.807) is 14.2 Å². The highest BCUT2D eigenvalue weighted by Gasteiger charge is 2.30. The molecule has 0 spiro atoms. The molecule has 0 aromatic carbocycles. The SMILES string of the molecule is CCCC1CCC(C2CCC(CCC(OC)OC)CC2)CC1. The van der Waals surface area contributed by atoms with E-state index in [2.05, 4.69) is 6.92 Å². The number of hydrogen-bond donors (Lipinski definition) is 0. The van der Waals surface area contributed by atoms with Gasteiger partial charge in [0.15, 0.2) is 6.29 Å². The summed E-state index contributed by atoms with van der Waals surface area (Å²) in [5.41, 5.74) is 0. The fourth-order valence-corrected chi connectivity index (χ4v) is 5.01. The van der Waals surface area contributed by atoms with Crippen molar-refractivity contribution >= 4 is 0 Å². The highest BCUT2D eigenvalue weighted by molar-refractivity contribution is 4.82. The van der Waals surface area contributed by atoms with Crippen molar-refractivity contribution in [2.24, 2.45) is 23.7 Å². The van der Waals surface area contributed by atoms with Crippen LogP contribution in [0.4, 0.5) is 0 Å². The van der Waals surface area contributed by atoms with Gasteiger partial charge in [-0.3, -0.25) is 0 Å². The summed E-state index contributed by atoms with van der Waals surface area (Å²) >= 11 is 0. The van der Waals surface area contributed by atoms with Crippen LogP contribution >= 0.6 is 0 Å². The molecule has 2 rings (SSSR count). The molecular weight excluding hydrogens is 272 g/mol. The van der Waals surface area contributed by atoms with Gasteiger partial charge in [-0.2, -0.15) is 0 Å². The average Bonchev–Trinajstić information content (AvgIpc) is 2.57. The molecular formula is C20H38O2. The normalized spacial score (nSPS) is 33.3. The molecule has 0 radical (unpaired) electrons. The van der Waals surface area contributed by atoms with Gasteiger partial charge in [0.25, 0.3) is 0 Å². The zero-order valence-electron chi connectivity index (χ0n) is 15.2. The lowest BCUT2D eigenvalue weighted by atomic mass is 9.68. The third-order valence-electron chi connectivity index (χ3n) is 6.48. The summed E-state index contributed by atoms with van der Waals surface area (Å²) in [6, 6.07) is 0. The Morgan fingerprint density at radius 1 is 0.727 bits per heavy atom. The molecule has 0 bridgehead atoms. The van der Waals surface area contributed by atoms with E-state index in [0.29, 0.717) is 0 Å². The van der Waals surface area contributed by atoms with Gasteiger partial charge in [0.2, 0.25) is 0 Å². The fraction of sp³-hybridized carbons (Fsp3) is 1.00. The van der Waals surface area contributed by atoms with E-state index in [4.69, 9.17) is 9.47 Å². The predicted molar refractivity (Wildman–Crippen MR) is 92.8 cm³/mol. The van der Waals surface area contributed by atoms with Crippen LogP contribution in [-0.4, -0.2) is 20.5 Å². The van der Waals surface area contributed by atoms with Crippen molar-refractivity contribution in [3.63, 3.8) is 0 Å². The first-order valence-electron chi connectivity index (χ1n) is 9.82. The minimum atomic E-state index is 0.00608. The summed E-state index contributed by atoms with van der Waals surface area (Å²) in [5.74, 6) is 4.07. The van der Waals surface area contributed by atoms with Gasteiger partial charge >= 0.3 is 0 Å². The molecule has 0 saturated heterocycles. The quantitative estimate of drug-likeness (QED) is 0.528. The Morgan fingerprint density at radius 2 is 1.18 bits per heavy atom. The molecule has 0 N–H and O–H groups in total. The summed E-state index contributed by atoms with van der Waals surface area (Å²) in [6.07, 6.45) is 17.1. The zero-order chi connectivity index (χ0) is 15.8. The molecule has 2 nitrogen and oxygen atoms in total. The molecule has 2 fully saturated rings. The molecule has 0 heterocycles. The monoisotopic (exact) mass is 310 g/mol. The first-order valence-corrected chi connectivity index (χ1v) is 9.82. The van der Waals surface area contributed by atoms with Crippen molar-refractivity contribution in [2.75, 3.05) is 14.2 Å². The lowest BCUT2D eigenvalue weighted by Crippen LogP contribution is -2.26. The van der Waals surface area contributed by atoms with Crippen LogP contribution < -0.4 is 0 Å². The second kappa shape index (κ2) is 9.93. The van der Waals surface area contributed by atoms with Gasteiger partial charge in [-0.05, 0) is 62.2 Å². The summed E-state index contributed by atoms with van der Waals surface area (Å²) < 4.78 is 10.6. The largest absolute Gasteiger partial charge is 0.356 e. The number of methoxy groups -OCH3 is 2. The second-order valence-electron chi connectivity index (χ2n) is 7.83. The van der Waals surface area contributed by atoms with Crippen LogP contribution in [0.1, 0.15) is 84.0 Å². The fourth-order valence-electron chi connectivity index (χ4n) is 5.01. The van der Waals surface area contributed by atoms with Crippen molar-refractivity contribution in [3.8, 4) is 0 Å². The standard InChI is InChI=1S/C20H38O2/c1-4-5-16-6-11-18(12-7-16)19-13-8-17(9-14-19)10-15-20(21-2)22-3/h16-20H,4-15H2,1-3H3. The zero-order valence-corrected chi connectivity index (χ0v) is 15.2. The predicted octanol–water partition coefficient (Wildman–Crippen LogP) is 5.80. The van der Waals surface area contributed by atoms with E-state index in [9.17, 15) is 0 Å².